The topological polar surface area (TPSA) is 73.2 Å². The molecule has 0 saturated carbocycles. The molecule has 1 N–H and O–H groups in total. The van der Waals surface area contributed by atoms with E-state index >= 15 is 0 Å². The largest absolute Gasteiger partial charge is 0.385 e. The first kappa shape index (κ1) is 12.2. The predicted octanol–water partition coefficient (Wildman–Crippen LogP) is -0.265. The predicted molar refractivity (Wildman–Crippen MR) is 54.9 cm³/mol. The Morgan fingerprint density at radius 3 is 2.87 bits per heavy atom. The second kappa shape index (κ2) is 5.24. The molecule has 0 saturated heterocycles. The third-order valence-corrected chi connectivity index (χ3v) is 3.22. The van der Waals surface area contributed by atoms with Crippen LogP contribution in [0.4, 0.5) is 0 Å². The minimum absolute atomic E-state index is 0.183. The molecular weight excluding hydrogens is 218 g/mol. The van der Waals surface area contributed by atoms with Gasteiger partial charge >= 0.3 is 0 Å². The summed E-state index contributed by atoms with van der Waals surface area (Å²) in [6.07, 6.45) is 3.42. The van der Waals surface area contributed by atoms with Crippen molar-refractivity contribution >= 4 is 10.0 Å². The van der Waals surface area contributed by atoms with E-state index in [4.69, 9.17) is 4.74 Å². The standard InChI is InChI=1S/C8H15N3O3S/c1-11-7-8(6-9-11)15(12,13)10-4-3-5-14-2/h6-7,10H,3-5H2,1-2H3. The summed E-state index contributed by atoms with van der Waals surface area (Å²) >= 11 is 0. The first-order valence-electron chi connectivity index (χ1n) is 4.53. The Bertz CT molecular complexity index is 399. The zero-order valence-electron chi connectivity index (χ0n) is 8.80. The van der Waals surface area contributed by atoms with E-state index in [0.29, 0.717) is 19.6 Å². The van der Waals surface area contributed by atoms with Crippen molar-refractivity contribution in [3.63, 3.8) is 0 Å². The molecule has 6 nitrogen and oxygen atoms in total. The SMILES string of the molecule is COCCCNS(=O)(=O)c1cnn(C)c1. The van der Waals surface area contributed by atoms with Gasteiger partial charge < -0.3 is 4.74 Å². The molecule has 0 aromatic carbocycles. The molecule has 0 fully saturated rings. The van der Waals surface area contributed by atoms with Crippen molar-refractivity contribution in [1.29, 1.82) is 0 Å². The zero-order chi connectivity index (χ0) is 11.3. The van der Waals surface area contributed by atoms with E-state index in [9.17, 15) is 8.42 Å². The number of nitrogens with one attached hydrogen (secondary N) is 1. The first-order valence-corrected chi connectivity index (χ1v) is 6.02. The van der Waals surface area contributed by atoms with Gasteiger partial charge in [0.2, 0.25) is 10.0 Å². The molecule has 0 bridgehead atoms. The number of aryl methyl sites for hydroxylation is 1. The van der Waals surface area contributed by atoms with Gasteiger partial charge in [-0.25, -0.2) is 13.1 Å². The summed E-state index contributed by atoms with van der Waals surface area (Å²) in [4.78, 5) is 0.183. The molecule has 0 aliphatic rings. The number of hydrogen-bond acceptors (Lipinski definition) is 4. The first-order chi connectivity index (χ1) is 7.06. The summed E-state index contributed by atoms with van der Waals surface area (Å²) in [5.41, 5.74) is 0. The van der Waals surface area contributed by atoms with Crippen molar-refractivity contribution in [3.05, 3.63) is 12.4 Å². The third kappa shape index (κ3) is 3.61. The number of aromatic nitrogens is 2. The highest BCUT2D eigenvalue weighted by atomic mass is 32.2. The van der Waals surface area contributed by atoms with Crippen LogP contribution in [0.3, 0.4) is 0 Å². The Morgan fingerprint density at radius 1 is 1.60 bits per heavy atom. The number of nitrogens with zero attached hydrogens (tertiary/aromatic N) is 2. The van der Waals surface area contributed by atoms with Gasteiger partial charge in [0.1, 0.15) is 4.90 Å². The lowest BCUT2D eigenvalue weighted by Crippen LogP contribution is -2.25. The van der Waals surface area contributed by atoms with Gasteiger partial charge in [0.15, 0.2) is 0 Å². The lowest BCUT2D eigenvalue weighted by Gasteiger charge is -2.03. The molecule has 0 amide bonds. The number of rotatable bonds is 6. The van der Waals surface area contributed by atoms with E-state index < -0.39 is 10.0 Å². The highest BCUT2D eigenvalue weighted by Gasteiger charge is 2.14. The summed E-state index contributed by atoms with van der Waals surface area (Å²) in [5, 5.41) is 3.80. The summed E-state index contributed by atoms with van der Waals surface area (Å²) in [6.45, 7) is 0.903. The van der Waals surface area contributed by atoms with Crippen LogP contribution in [-0.4, -0.2) is 38.5 Å². The van der Waals surface area contributed by atoms with E-state index in [-0.39, 0.29) is 4.90 Å². The molecule has 1 heterocycles. The second-order valence-corrected chi connectivity index (χ2v) is 4.86. The molecule has 1 aromatic rings. The van der Waals surface area contributed by atoms with Crippen LogP contribution < -0.4 is 4.72 Å². The van der Waals surface area contributed by atoms with Crippen LogP contribution >= 0.6 is 0 Å². The Kier molecular flexibility index (Phi) is 4.25. The molecule has 0 aliphatic carbocycles. The second-order valence-electron chi connectivity index (χ2n) is 3.09. The van der Waals surface area contributed by atoms with Gasteiger partial charge in [-0.1, -0.05) is 0 Å². The van der Waals surface area contributed by atoms with Crippen molar-refractivity contribution in [3.8, 4) is 0 Å². The van der Waals surface area contributed by atoms with Crippen LogP contribution in [0.15, 0.2) is 17.3 Å². The quantitative estimate of drug-likeness (QED) is 0.687. The van der Waals surface area contributed by atoms with Crippen molar-refractivity contribution in [1.82, 2.24) is 14.5 Å². The minimum Gasteiger partial charge on any atom is -0.385 e. The van der Waals surface area contributed by atoms with Crippen LogP contribution in [0.1, 0.15) is 6.42 Å². The number of methoxy groups -OCH3 is 1. The van der Waals surface area contributed by atoms with E-state index in [1.807, 2.05) is 0 Å². The van der Waals surface area contributed by atoms with Gasteiger partial charge in [0.25, 0.3) is 0 Å². The molecule has 0 atom stereocenters. The van der Waals surface area contributed by atoms with Crippen LogP contribution in [0.5, 0.6) is 0 Å². The van der Waals surface area contributed by atoms with Gasteiger partial charge in [0.05, 0.1) is 6.20 Å². The normalized spacial score (nSPS) is 11.9. The molecular formula is C8H15N3O3S. The van der Waals surface area contributed by atoms with Crippen LogP contribution in [0.2, 0.25) is 0 Å². The van der Waals surface area contributed by atoms with Gasteiger partial charge in [0, 0.05) is 33.5 Å². The van der Waals surface area contributed by atoms with Crippen LogP contribution in [0.25, 0.3) is 0 Å². The van der Waals surface area contributed by atoms with Crippen molar-refractivity contribution in [2.24, 2.45) is 7.05 Å². The lowest BCUT2D eigenvalue weighted by molar-refractivity contribution is 0.196. The maximum Gasteiger partial charge on any atom is 0.243 e. The number of ether oxygens (including phenoxy) is 1. The van der Waals surface area contributed by atoms with Crippen LogP contribution in [0, 0.1) is 0 Å². The lowest BCUT2D eigenvalue weighted by atomic mass is 10.5. The number of hydrogen-bond donors (Lipinski definition) is 1. The van der Waals surface area contributed by atoms with Gasteiger partial charge in [-0.15, -0.1) is 0 Å². The maximum absolute atomic E-state index is 11.6. The summed E-state index contributed by atoms with van der Waals surface area (Å²) in [6, 6.07) is 0. The van der Waals surface area contributed by atoms with E-state index in [1.54, 1.807) is 14.2 Å². The molecule has 86 valence electrons. The fourth-order valence-electron chi connectivity index (χ4n) is 1.04. The van der Waals surface area contributed by atoms with Crippen molar-refractivity contribution in [2.75, 3.05) is 20.3 Å². The zero-order valence-corrected chi connectivity index (χ0v) is 9.62. The summed E-state index contributed by atoms with van der Waals surface area (Å²) in [5.74, 6) is 0. The highest BCUT2D eigenvalue weighted by molar-refractivity contribution is 7.89. The third-order valence-electron chi connectivity index (χ3n) is 1.81. The fraction of sp³-hybridized carbons (Fsp3) is 0.625. The van der Waals surface area contributed by atoms with E-state index in [1.165, 1.54) is 17.1 Å². The molecule has 0 aliphatic heterocycles. The van der Waals surface area contributed by atoms with Gasteiger partial charge in [-0.3, -0.25) is 4.68 Å². The average Bonchev–Trinajstić information content (AvgIpc) is 2.60. The van der Waals surface area contributed by atoms with E-state index in [2.05, 4.69) is 9.82 Å². The molecule has 0 radical (unpaired) electrons. The molecule has 1 rings (SSSR count). The monoisotopic (exact) mass is 233 g/mol. The number of sulfonamides is 1. The summed E-state index contributed by atoms with van der Waals surface area (Å²) in [7, 11) is -0.159. The molecule has 0 spiro atoms. The summed E-state index contributed by atoms with van der Waals surface area (Å²) < 4.78 is 31.9. The van der Waals surface area contributed by atoms with Gasteiger partial charge in [-0.05, 0) is 6.42 Å². The Morgan fingerprint density at radius 2 is 2.33 bits per heavy atom. The molecule has 0 unspecified atom stereocenters. The molecule has 15 heavy (non-hydrogen) atoms. The Hall–Kier alpha value is -0.920. The van der Waals surface area contributed by atoms with Crippen molar-refractivity contribution in [2.45, 2.75) is 11.3 Å². The van der Waals surface area contributed by atoms with Gasteiger partial charge in [-0.2, -0.15) is 5.10 Å². The maximum atomic E-state index is 11.6. The molecule has 7 heteroatoms. The fourth-order valence-corrected chi connectivity index (χ4v) is 2.10. The molecule has 1 aromatic heterocycles. The minimum atomic E-state index is -3.41. The smallest absolute Gasteiger partial charge is 0.243 e. The van der Waals surface area contributed by atoms with E-state index in [0.717, 1.165) is 0 Å². The Balaban J connectivity index is 2.53. The highest BCUT2D eigenvalue weighted by Crippen LogP contribution is 2.05. The van der Waals surface area contributed by atoms with Crippen LogP contribution in [-0.2, 0) is 21.8 Å². The Labute approximate surface area is 89.3 Å². The van der Waals surface area contributed by atoms with Crippen molar-refractivity contribution < 1.29 is 13.2 Å². The average molecular weight is 233 g/mol.